The van der Waals surface area contributed by atoms with Crippen molar-refractivity contribution in [2.75, 3.05) is 5.32 Å². The van der Waals surface area contributed by atoms with Crippen LogP contribution in [-0.2, 0) is 0 Å². The smallest absolute Gasteiger partial charge is 0.319 e. The van der Waals surface area contributed by atoms with E-state index in [1.54, 1.807) is 6.07 Å². The lowest BCUT2D eigenvalue weighted by atomic mass is 10.1. The quantitative estimate of drug-likeness (QED) is 0.669. The van der Waals surface area contributed by atoms with Crippen molar-refractivity contribution in [2.24, 2.45) is 0 Å². The van der Waals surface area contributed by atoms with Crippen molar-refractivity contribution >= 4 is 23.5 Å². The molecule has 1 aromatic rings. The molecule has 0 aromatic heterocycles. The molecule has 4 amide bonds. The fourth-order valence-electron chi connectivity index (χ4n) is 1.75. The third-order valence-electron chi connectivity index (χ3n) is 2.48. The van der Waals surface area contributed by atoms with Crippen LogP contribution >= 0.6 is 0 Å². The standard InChI is InChI=1S/C13H15N3O3/c1-13(2,3)16-12(19)14-7-4-5-8-9(6-7)11(18)15-10(8)17/h4-6H,1-3H3,(H2,14,16,19)(H,15,17,18). The lowest BCUT2D eigenvalue weighted by molar-refractivity contribution is 0.0879. The molecular formula is C13H15N3O3. The van der Waals surface area contributed by atoms with Crippen LogP contribution in [0.5, 0.6) is 0 Å². The van der Waals surface area contributed by atoms with Gasteiger partial charge in [-0.2, -0.15) is 0 Å². The number of benzene rings is 1. The van der Waals surface area contributed by atoms with Gasteiger partial charge in [0.25, 0.3) is 11.8 Å². The van der Waals surface area contributed by atoms with Gasteiger partial charge in [-0.25, -0.2) is 4.79 Å². The van der Waals surface area contributed by atoms with E-state index in [4.69, 9.17) is 0 Å². The summed E-state index contributed by atoms with van der Waals surface area (Å²) in [7, 11) is 0. The average molecular weight is 261 g/mol. The maximum absolute atomic E-state index is 11.7. The van der Waals surface area contributed by atoms with Gasteiger partial charge in [0.1, 0.15) is 0 Å². The highest BCUT2D eigenvalue weighted by atomic mass is 16.2. The van der Waals surface area contributed by atoms with Gasteiger partial charge in [-0.05, 0) is 39.0 Å². The Hall–Kier alpha value is -2.37. The van der Waals surface area contributed by atoms with Crippen LogP contribution in [0.25, 0.3) is 0 Å². The normalized spacial score (nSPS) is 13.8. The summed E-state index contributed by atoms with van der Waals surface area (Å²) in [5.74, 6) is -0.856. The number of amides is 4. The van der Waals surface area contributed by atoms with Gasteiger partial charge in [-0.3, -0.25) is 14.9 Å². The number of nitrogens with one attached hydrogen (secondary N) is 3. The van der Waals surface area contributed by atoms with Gasteiger partial charge >= 0.3 is 6.03 Å². The van der Waals surface area contributed by atoms with Gasteiger partial charge in [0, 0.05) is 11.2 Å². The van der Waals surface area contributed by atoms with Crippen molar-refractivity contribution < 1.29 is 14.4 Å². The Morgan fingerprint density at radius 1 is 1.11 bits per heavy atom. The van der Waals surface area contributed by atoms with E-state index in [0.29, 0.717) is 11.3 Å². The molecule has 0 radical (unpaired) electrons. The third-order valence-corrected chi connectivity index (χ3v) is 2.48. The van der Waals surface area contributed by atoms with Crippen molar-refractivity contribution in [3.63, 3.8) is 0 Å². The van der Waals surface area contributed by atoms with Crippen LogP contribution in [0.1, 0.15) is 41.5 Å². The summed E-state index contributed by atoms with van der Waals surface area (Å²) in [5, 5.41) is 7.55. The Bertz CT molecular complexity index is 573. The molecule has 0 spiro atoms. The predicted octanol–water partition coefficient (Wildman–Crippen LogP) is 1.49. The number of anilines is 1. The molecule has 2 rings (SSSR count). The third kappa shape index (κ3) is 2.90. The van der Waals surface area contributed by atoms with Crippen molar-refractivity contribution in [1.29, 1.82) is 0 Å². The molecular weight excluding hydrogens is 246 g/mol. The number of fused-ring (bicyclic) bond motifs is 1. The molecule has 6 nitrogen and oxygen atoms in total. The number of carbonyl (C=O) groups is 3. The van der Waals surface area contributed by atoms with E-state index in [1.807, 2.05) is 20.8 Å². The maximum atomic E-state index is 11.7. The minimum absolute atomic E-state index is 0.276. The van der Waals surface area contributed by atoms with Gasteiger partial charge in [-0.15, -0.1) is 0 Å². The molecule has 0 saturated carbocycles. The topological polar surface area (TPSA) is 87.3 Å². The number of rotatable bonds is 1. The van der Waals surface area contributed by atoms with Gasteiger partial charge < -0.3 is 10.6 Å². The average Bonchev–Trinajstić information content (AvgIpc) is 2.51. The second-order valence-corrected chi connectivity index (χ2v) is 5.37. The molecule has 19 heavy (non-hydrogen) atoms. The number of hydrogen-bond acceptors (Lipinski definition) is 3. The number of hydrogen-bond donors (Lipinski definition) is 3. The van der Waals surface area contributed by atoms with E-state index < -0.39 is 11.8 Å². The summed E-state index contributed by atoms with van der Waals surface area (Å²) in [4.78, 5) is 34.5. The molecule has 0 unspecified atom stereocenters. The van der Waals surface area contributed by atoms with E-state index in [0.717, 1.165) is 0 Å². The minimum Gasteiger partial charge on any atom is -0.333 e. The van der Waals surface area contributed by atoms with Crippen LogP contribution < -0.4 is 16.0 Å². The first-order chi connectivity index (χ1) is 8.76. The van der Waals surface area contributed by atoms with E-state index >= 15 is 0 Å². The largest absolute Gasteiger partial charge is 0.333 e. The Morgan fingerprint density at radius 3 is 2.37 bits per heavy atom. The Balaban J connectivity index is 2.16. The lowest BCUT2D eigenvalue weighted by Crippen LogP contribution is -2.43. The molecule has 1 aromatic carbocycles. The number of imide groups is 1. The van der Waals surface area contributed by atoms with Crippen LogP contribution in [0, 0.1) is 0 Å². The van der Waals surface area contributed by atoms with Crippen LogP contribution in [0.3, 0.4) is 0 Å². The Morgan fingerprint density at radius 2 is 1.74 bits per heavy atom. The molecule has 0 aliphatic carbocycles. The molecule has 1 aliphatic rings. The van der Waals surface area contributed by atoms with E-state index in [1.165, 1.54) is 12.1 Å². The first-order valence-corrected chi connectivity index (χ1v) is 5.85. The lowest BCUT2D eigenvalue weighted by Gasteiger charge is -2.20. The van der Waals surface area contributed by atoms with Gasteiger partial charge in [0.15, 0.2) is 0 Å². The monoisotopic (exact) mass is 261 g/mol. The molecule has 1 aliphatic heterocycles. The second kappa shape index (κ2) is 4.38. The molecule has 0 saturated heterocycles. The molecule has 100 valence electrons. The first-order valence-electron chi connectivity index (χ1n) is 5.85. The van der Waals surface area contributed by atoms with Crippen molar-refractivity contribution in [3.05, 3.63) is 29.3 Å². The fourth-order valence-corrected chi connectivity index (χ4v) is 1.75. The SMILES string of the molecule is CC(C)(C)NC(=O)Nc1ccc2c(c1)C(=O)NC2=O. The zero-order chi connectivity index (χ0) is 14.2. The van der Waals surface area contributed by atoms with Crippen LogP contribution in [0.4, 0.5) is 10.5 Å². The molecule has 6 heteroatoms. The predicted molar refractivity (Wildman–Crippen MR) is 70.1 cm³/mol. The molecule has 0 atom stereocenters. The summed E-state index contributed by atoms with van der Waals surface area (Å²) >= 11 is 0. The number of urea groups is 1. The van der Waals surface area contributed by atoms with Crippen LogP contribution in [-0.4, -0.2) is 23.4 Å². The van der Waals surface area contributed by atoms with Crippen molar-refractivity contribution in [3.8, 4) is 0 Å². The molecule has 0 bridgehead atoms. The molecule has 3 N–H and O–H groups in total. The Kier molecular flexibility index (Phi) is 3.01. The molecule has 0 fully saturated rings. The van der Waals surface area contributed by atoms with Gasteiger partial charge in [-0.1, -0.05) is 0 Å². The summed E-state index contributed by atoms with van der Waals surface area (Å²) in [6, 6.07) is 4.22. The maximum Gasteiger partial charge on any atom is 0.319 e. The second-order valence-electron chi connectivity index (χ2n) is 5.37. The highest BCUT2D eigenvalue weighted by molar-refractivity contribution is 6.22. The molecule has 1 heterocycles. The Labute approximate surface area is 110 Å². The highest BCUT2D eigenvalue weighted by Gasteiger charge is 2.26. The first kappa shape index (κ1) is 13.1. The van der Waals surface area contributed by atoms with Gasteiger partial charge in [0.2, 0.25) is 0 Å². The van der Waals surface area contributed by atoms with Crippen molar-refractivity contribution in [2.45, 2.75) is 26.3 Å². The van der Waals surface area contributed by atoms with Crippen molar-refractivity contribution in [1.82, 2.24) is 10.6 Å². The van der Waals surface area contributed by atoms with E-state index in [2.05, 4.69) is 16.0 Å². The highest BCUT2D eigenvalue weighted by Crippen LogP contribution is 2.20. The summed E-state index contributed by atoms with van der Waals surface area (Å²) in [5.41, 5.74) is 0.712. The van der Waals surface area contributed by atoms with Crippen LogP contribution in [0.2, 0.25) is 0 Å². The van der Waals surface area contributed by atoms with E-state index in [9.17, 15) is 14.4 Å². The fraction of sp³-hybridized carbons (Fsp3) is 0.308. The minimum atomic E-state index is -0.445. The zero-order valence-electron chi connectivity index (χ0n) is 11.0. The summed E-state index contributed by atoms with van der Waals surface area (Å²) < 4.78 is 0. The van der Waals surface area contributed by atoms with E-state index in [-0.39, 0.29) is 17.1 Å². The number of carbonyl (C=O) groups excluding carboxylic acids is 3. The summed E-state index contributed by atoms with van der Waals surface area (Å²) in [6.07, 6.45) is 0. The zero-order valence-corrected chi connectivity index (χ0v) is 11.0. The van der Waals surface area contributed by atoms with Crippen LogP contribution in [0.15, 0.2) is 18.2 Å². The summed E-state index contributed by atoms with van der Waals surface area (Å²) in [6.45, 7) is 5.59. The van der Waals surface area contributed by atoms with Gasteiger partial charge in [0.05, 0.1) is 11.1 Å².